The molecule has 82 valence electrons. The predicted molar refractivity (Wildman–Crippen MR) is 72.9 cm³/mol. The summed E-state index contributed by atoms with van der Waals surface area (Å²) in [5, 5.41) is 6.53. The van der Waals surface area contributed by atoms with Crippen LogP contribution in [0.2, 0.25) is 0 Å². The average molecular weight is 334 g/mol. The van der Waals surface area contributed by atoms with E-state index in [0.29, 0.717) is 6.67 Å². The minimum atomic E-state index is 0.714. The molecule has 0 atom stereocenters. The largest absolute Gasteiger partial charge is 0.372 e. The van der Waals surface area contributed by atoms with Crippen LogP contribution < -0.4 is 10.6 Å². The smallest absolute Gasteiger partial charge is 0.0847 e. The lowest BCUT2D eigenvalue weighted by Gasteiger charge is -2.11. The monoisotopic (exact) mass is 332 g/mol. The van der Waals surface area contributed by atoms with Crippen LogP contribution >= 0.6 is 31.9 Å². The molecule has 0 amide bonds. The Balaban J connectivity index is 2.54. The molecule has 0 aliphatic carbocycles. The maximum Gasteiger partial charge on any atom is 0.0847 e. The fraction of sp³-hybridized carbons (Fsp3) is 0.273. The van der Waals surface area contributed by atoms with Crippen LogP contribution in [0.4, 0.5) is 5.69 Å². The third-order valence-electron chi connectivity index (χ3n) is 2.01. The van der Waals surface area contributed by atoms with E-state index < -0.39 is 0 Å². The van der Waals surface area contributed by atoms with Crippen molar-refractivity contribution in [3.05, 3.63) is 38.9 Å². The molecule has 0 radical (unpaired) electrons. The first-order valence-electron chi connectivity index (χ1n) is 4.69. The molecule has 0 unspecified atom stereocenters. The van der Waals surface area contributed by atoms with Crippen molar-refractivity contribution >= 4 is 37.5 Å². The highest BCUT2D eigenvalue weighted by atomic mass is 79.9. The number of allylic oxidation sites excluding steroid dienone is 2. The molecule has 0 fully saturated rings. The van der Waals surface area contributed by atoms with Gasteiger partial charge in [-0.2, -0.15) is 0 Å². The van der Waals surface area contributed by atoms with Crippen molar-refractivity contribution in [1.29, 1.82) is 0 Å². The molecule has 1 aromatic carbocycles. The first-order chi connectivity index (χ1) is 7.13. The number of hydrogen-bond donors (Lipinski definition) is 2. The Morgan fingerprint density at radius 1 is 1.40 bits per heavy atom. The van der Waals surface area contributed by atoms with Crippen molar-refractivity contribution in [2.24, 2.45) is 0 Å². The molecule has 0 aliphatic heterocycles. The summed E-state index contributed by atoms with van der Waals surface area (Å²) >= 11 is 6.93. The molecule has 0 aromatic heterocycles. The average Bonchev–Trinajstić information content (AvgIpc) is 2.23. The van der Waals surface area contributed by atoms with Crippen molar-refractivity contribution in [1.82, 2.24) is 5.32 Å². The highest BCUT2D eigenvalue weighted by Crippen LogP contribution is 2.25. The van der Waals surface area contributed by atoms with Crippen LogP contribution in [0.1, 0.15) is 13.8 Å². The number of benzene rings is 1. The third-order valence-corrected chi connectivity index (χ3v) is 3.19. The Morgan fingerprint density at radius 3 is 2.80 bits per heavy atom. The molecule has 0 bridgehead atoms. The zero-order valence-electron chi connectivity index (χ0n) is 8.77. The molecular weight excluding hydrogens is 320 g/mol. The fourth-order valence-corrected chi connectivity index (χ4v) is 1.76. The van der Waals surface area contributed by atoms with E-state index in [1.165, 1.54) is 0 Å². The highest BCUT2D eigenvalue weighted by Gasteiger charge is 1.98. The third kappa shape index (κ3) is 4.26. The van der Waals surface area contributed by atoms with Gasteiger partial charge >= 0.3 is 0 Å². The van der Waals surface area contributed by atoms with Gasteiger partial charge in [-0.25, -0.2) is 0 Å². The molecule has 1 rings (SSSR count). The molecule has 4 heteroatoms. The predicted octanol–water partition coefficient (Wildman–Crippen LogP) is 4.09. The standard InChI is InChI=1S/C11H14Br2N2/c1-3-8(2)14-7-15-11-6-9(12)4-5-10(11)13/h3-6,14-15H,7H2,1-2H3/b8-3+. The maximum absolute atomic E-state index is 3.49. The molecule has 1 aromatic rings. The Bertz CT molecular complexity index is 362. The van der Waals surface area contributed by atoms with Gasteiger partial charge in [0, 0.05) is 14.6 Å². The summed E-state index contributed by atoms with van der Waals surface area (Å²) in [6, 6.07) is 6.05. The lowest BCUT2D eigenvalue weighted by atomic mass is 10.3. The summed E-state index contributed by atoms with van der Waals surface area (Å²) in [5.41, 5.74) is 2.23. The Hall–Kier alpha value is -0.480. The number of rotatable bonds is 4. The number of nitrogens with one attached hydrogen (secondary N) is 2. The summed E-state index contributed by atoms with van der Waals surface area (Å²) in [5.74, 6) is 0. The van der Waals surface area contributed by atoms with Crippen LogP contribution in [0, 0.1) is 0 Å². The maximum atomic E-state index is 3.49. The normalized spacial score (nSPS) is 11.3. The van der Waals surface area contributed by atoms with Crippen LogP contribution in [0.5, 0.6) is 0 Å². The van der Waals surface area contributed by atoms with Crippen LogP contribution in [0.25, 0.3) is 0 Å². The summed E-state index contributed by atoms with van der Waals surface area (Å²) in [4.78, 5) is 0. The van der Waals surface area contributed by atoms with Crippen LogP contribution in [0.3, 0.4) is 0 Å². The quantitative estimate of drug-likeness (QED) is 0.811. The summed E-state index contributed by atoms with van der Waals surface area (Å²) in [7, 11) is 0. The van der Waals surface area contributed by atoms with Gasteiger partial charge in [0.25, 0.3) is 0 Å². The first-order valence-corrected chi connectivity index (χ1v) is 6.28. The summed E-state index contributed by atoms with van der Waals surface area (Å²) in [6.45, 7) is 4.76. The first kappa shape index (κ1) is 12.6. The molecular formula is C11H14Br2N2. The summed E-state index contributed by atoms with van der Waals surface area (Å²) < 4.78 is 2.13. The fourth-order valence-electron chi connectivity index (χ4n) is 1.01. The topological polar surface area (TPSA) is 24.1 Å². The molecule has 2 N–H and O–H groups in total. The molecule has 0 aliphatic rings. The second-order valence-electron chi connectivity index (χ2n) is 3.13. The Morgan fingerprint density at radius 2 is 2.13 bits per heavy atom. The van der Waals surface area contributed by atoms with E-state index in [9.17, 15) is 0 Å². The second kappa shape index (κ2) is 6.18. The molecule has 0 saturated carbocycles. The SMILES string of the molecule is C/C=C(\C)NCNc1cc(Br)ccc1Br. The van der Waals surface area contributed by atoms with Crippen LogP contribution in [-0.2, 0) is 0 Å². The van der Waals surface area contributed by atoms with E-state index in [2.05, 4.69) is 42.5 Å². The van der Waals surface area contributed by atoms with Gasteiger partial charge in [-0.15, -0.1) is 0 Å². The van der Waals surface area contributed by atoms with Gasteiger partial charge in [0.15, 0.2) is 0 Å². The van der Waals surface area contributed by atoms with E-state index >= 15 is 0 Å². The molecule has 0 saturated heterocycles. The van der Waals surface area contributed by atoms with Crippen molar-refractivity contribution in [2.75, 3.05) is 12.0 Å². The lowest BCUT2D eigenvalue weighted by molar-refractivity contribution is 0.861. The zero-order valence-corrected chi connectivity index (χ0v) is 11.9. The van der Waals surface area contributed by atoms with Crippen molar-refractivity contribution < 1.29 is 0 Å². The van der Waals surface area contributed by atoms with Gasteiger partial charge in [-0.1, -0.05) is 22.0 Å². The minimum absolute atomic E-state index is 0.714. The van der Waals surface area contributed by atoms with Crippen molar-refractivity contribution in [3.8, 4) is 0 Å². The van der Waals surface area contributed by atoms with Gasteiger partial charge in [0.1, 0.15) is 0 Å². The number of anilines is 1. The lowest BCUT2D eigenvalue weighted by Crippen LogP contribution is -2.20. The minimum Gasteiger partial charge on any atom is -0.372 e. The highest BCUT2D eigenvalue weighted by molar-refractivity contribution is 9.11. The van der Waals surface area contributed by atoms with Gasteiger partial charge in [-0.05, 0) is 48.0 Å². The molecule has 15 heavy (non-hydrogen) atoms. The zero-order chi connectivity index (χ0) is 11.3. The van der Waals surface area contributed by atoms with Gasteiger partial charge < -0.3 is 10.6 Å². The van der Waals surface area contributed by atoms with E-state index in [-0.39, 0.29) is 0 Å². The van der Waals surface area contributed by atoms with E-state index in [1.807, 2.05) is 38.1 Å². The van der Waals surface area contributed by atoms with Crippen LogP contribution in [-0.4, -0.2) is 6.67 Å². The molecule has 0 spiro atoms. The number of halogens is 2. The molecule has 2 nitrogen and oxygen atoms in total. The second-order valence-corrected chi connectivity index (χ2v) is 4.90. The number of hydrogen-bond acceptors (Lipinski definition) is 2. The Labute approximate surface area is 107 Å². The van der Waals surface area contributed by atoms with Crippen LogP contribution in [0.15, 0.2) is 38.9 Å². The van der Waals surface area contributed by atoms with Gasteiger partial charge in [0.2, 0.25) is 0 Å². The molecule has 0 heterocycles. The van der Waals surface area contributed by atoms with Crippen molar-refractivity contribution in [2.45, 2.75) is 13.8 Å². The van der Waals surface area contributed by atoms with Crippen molar-refractivity contribution in [3.63, 3.8) is 0 Å². The van der Waals surface area contributed by atoms with E-state index in [1.54, 1.807) is 0 Å². The van der Waals surface area contributed by atoms with Gasteiger partial charge in [0.05, 0.1) is 12.4 Å². The van der Waals surface area contributed by atoms with E-state index in [0.717, 1.165) is 20.3 Å². The van der Waals surface area contributed by atoms with E-state index in [4.69, 9.17) is 0 Å². The Kier molecular flexibility index (Phi) is 5.19. The van der Waals surface area contributed by atoms with Gasteiger partial charge in [-0.3, -0.25) is 0 Å². The summed E-state index contributed by atoms with van der Waals surface area (Å²) in [6.07, 6.45) is 2.04.